The highest BCUT2D eigenvalue weighted by atomic mass is 79.9. The molecule has 0 aliphatic rings. The second-order valence-corrected chi connectivity index (χ2v) is 5.47. The molecular formula is C15H13BrN2OS. The van der Waals surface area contributed by atoms with Gasteiger partial charge in [0.05, 0.1) is 5.56 Å². The fourth-order valence-corrected chi connectivity index (χ4v) is 2.35. The van der Waals surface area contributed by atoms with Crippen molar-refractivity contribution in [2.75, 3.05) is 5.32 Å². The van der Waals surface area contributed by atoms with Crippen molar-refractivity contribution < 1.29 is 4.79 Å². The van der Waals surface area contributed by atoms with E-state index in [0.29, 0.717) is 5.56 Å². The third-order valence-electron chi connectivity index (χ3n) is 2.74. The Balaban J connectivity index is 2.04. The van der Waals surface area contributed by atoms with Crippen LogP contribution in [0.25, 0.3) is 0 Å². The second-order valence-electron chi connectivity index (χ2n) is 4.20. The molecule has 2 aromatic rings. The van der Waals surface area contributed by atoms with Crippen LogP contribution in [0.2, 0.25) is 0 Å². The van der Waals surface area contributed by atoms with Crippen molar-refractivity contribution in [1.29, 1.82) is 0 Å². The van der Waals surface area contributed by atoms with Crippen LogP contribution in [0.5, 0.6) is 0 Å². The maximum absolute atomic E-state index is 12.1. The molecule has 0 saturated heterocycles. The summed E-state index contributed by atoms with van der Waals surface area (Å²) < 4.78 is 0.733. The monoisotopic (exact) mass is 348 g/mol. The SMILES string of the molecule is Cc1ccccc1NC(=S)NC(=O)c1ccccc1Br. The van der Waals surface area contributed by atoms with Gasteiger partial charge in [0.2, 0.25) is 0 Å². The van der Waals surface area contributed by atoms with Crippen LogP contribution in [-0.2, 0) is 0 Å². The van der Waals surface area contributed by atoms with E-state index in [4.69, 9.17) is 12.2 Å². The van der Waals surface area contributed by atoms with Gasteiger partial charge < -0.3 is 5.32 Å². The van der Waals surface area contributed by atoms with Crippen LogP contribution in [0, 0.1) is 6.92 Å². The zero-order chi connectivity index (χ0) is 14.5. The molecule has 0 fully saturated rings. The quantitative estimate of drug-likeness (QED) is 0.809. The van der Waals surface area contributed by atoms with Crippen molar-refractivity contribution in [3.8, 4) is 0 Å². The molecule has 5 heteroatoms. The van der Waals surface area contributed by atoms with E-state index in [9.17, 15) is 4.79 Å². The largest absolute Gasteiger partial charge is 0.332 e. The molecule has 1 amide bonds. The molecule has 0 saturated carbocycles. The summed E-state index contributed by atoms with van der Waals surface area (Å²) in [5.74, 6) is -0.247. The maximum Gasteiger partial charge on any atom is 0.258 e. The Morgan fingerprint density at radius 3 is 2.45 bits per heavy atom. The molecule has 0 aliphatic carbocycles. The van der Waals surface area contributed by atoms with Crippen LogP contribution < -0.4 is 10.6 Å². The Labute approximate surface area is 131 Å². The number of aryl methyl sites for hydroxylation is 1. The molecule has 2 N–H and O–H groups in total. The molecule has 102 valence electrons. The first-order valence-corrected chi connectivity index (χ1v) is 7.20. The smallest absolute Gasteiger partial charge is 0.258 e. The van der Waals surface area contributed by atoms with E-state index in [0.717, 1.165) is 15.7 Å². The lowest BCUT2D eigenvalue weighted by Crippen LogP contribution is -2.34. The maximum atomic E-state index is 12.1. The number of anilines is 1. The van der Waals surface area contributed by atoms with E-state index >= 15 is 0 Å². The van der Waals surface area contributed by atoms with Crippen molar-refractivity contribution in [3.63, 3.8) is 0 Å². The van der Waals surface area contributed by atoms with Gasteiger partial charge in [0.15, 0.2) is 5.11 Å². The van der Waals surface area contributed by atoms with Crippen LogP contribution >= 0.6 is 28.1 Å². The average molecular weight is 349 g/mol. The molecule has 0 aromatic heterocycles. The lowest BCUT2D eigenvalue weighted by Gasteiger charge is -2.12. The van der Waals surface area contributed by atoms with Gasteiger partial charge in [-0.2, -0.15) is 0 Å². The van der Waals surface area contributed by atoms with Gasteiger partial charge in [0, 0.05) is 10.2 Å². The van der Waals surface area contributed by atoms with Crippen molar-refractivity contribution in [3.05, 3.63) is 64.1 Å². The van der Waals surface area contributed by atoms with Gasteiger partial charge in [0.1, 0.15) is 0 Å². The summed E-state index contributed by atoms with van der Waals surface area (Å²) in [5, 5.41) is 5.96. The third-order valence-corrected chi connectivity index (χ3v) is 3.63. The number of carbonyl (C=O) groups is 1. The first-order chi connectivity index (χ1) is 9.58. The molecule has 0 aliphatic heterocycles. The van der Waals surface area contributed by atoms with Crippen LogP contribution in [0.1, 0.15) is 15.9 Å². The molecule has 2 aromatic carbocycles. The second kappa shape index (κ2) is 6.63. The molecule has 2 rings (SSSR count). The van der Waals surface area contributed by atoms with Crippen molar-refractivity contribution in [1.82, 2.24) is 5.32 Å². The molecule has 0 unspecified atom stereocenters. The summed E-state index contributed by atoms with van der Waals surface area (Å²) in [4.78, 5) is 12.1. The van der Waals surface area contributed by atoms with Crippen LogP contribution in [0.15, 0.2) is 53.0 Å². The fourth-order valence-electron chi connectivity index (χ4n) is 1.68. The minimum Gasteiger partial charge on any atom is -0.332 e. The van der Waals surface area contributed by atoms with Gasteiger partial charge in [-0.1, -0.05) is 30.3 Å². The van der Waals surface area contributed by atoms with E-state index < -0.39 is 0 Å². The Morgan fingerprint density at radius 2 is 1.75 bits per heavy atom. The van der Waals surface area contributed by atoms with E-state index in [1.165, 1.54) is 0 Å². The molecular weight excluding hydrogens is 336 g/mol. The van der Waals surface area contributed by atoms with Gasteiger partial charge >= 0.3 is 0 Å². The standard InChI is InChI=1S/C15H13BrN2OS/c1-10-6-2-5-9-13(10)17-15(20)18-14(19)11-7-3-4-8-12(11)16/h2-9H,1H3,(H2,17,18,19,20). The number of rotatable bonds is 2. The van der Waals surface area contributed by atoms with Gasteiger partial charge in [0.25, 0.3) is 5.91 Å². The summed E-state index contributed by atoms with van der Waals surface area (Å²) in [6, 6.07) is 14.9. The first kappa shape index (κ1) is 14.7. The topological polar surface area (TPSA) is 41.1 Å². The van der Waals surface area contributed by atoms with Gasteiger partial charge in [-0.05, 0) is 58.8 Å². The van der Waals surface area contributed by atoms with Crippen molar-refractivity contribution in [2.45, 2.75) is 6.92 Å². The van der Waals surface area contributed by atoms with Gasteiger partial charge in [-0.15, -0.1) is 0 Å². The molecule has 0 radical (unpaired) electrons. The number of hydrogen-bond donors (Lipinski definition) is 2. The number of benzene rings is 2. The molecule has 0 bridgehead atoms. The summed E-state index contributed by atoms with van der Waals surface area (Å²) in [5.41, 5.74) is 2.48. The Kier molecular flexibility index (Phi) is 4.87. The number of halogens is 1. The van der Waals surface area contributed by atoms with Crippen LogP contribution in [-0.4, -0.2) is 11.0 Å². The summed E-state index contributed by atoms with van der Waals surface area (Å²) >= 11 is 8.50. The lowest BCUT2D eigenvalue weighted by molar-refractivity contribution is 0.0977. The minimum atomic E-state index is -0.247. The number of amides is 1. The number of hydrogen-bond acceptors (Lipinski definition) is 2. The third kappa shape index (κ3) is 3.65. The van der Waals surface area contributed by atoms with Crippen molar-refractivity contribution in [2.24, 2.45) is 0 Å². The predicted molar refractivity (Wildman–Crippen MR) is 89.0 cm³/mol. The molecule has 0 spiro atoms. The van der Waals surface area contributed by atoms with Gasteiger partial charge in [-0.3, -0.25) is 10.1 Å². The highest BCUT2D eigenvalue weighted by Gasteiger charge is 2.11. The summed E-state index contributed by atoms with van der Waals surface area (Å²) in [6.07, 6.45) is 0. The van der Waals surface area contributed by atoms with Crippen molar-refractivity contribution >= 4 is 44.9 Å². The molecule has 3 nitrogen and oxygen atoms in total. The average Bonchev–Trinajstić information content (AvgIpc) is 2.41. The van der Waals surface area contributed by atoms with E-state index in [-0.39, 0.29) is 11.0 Å². The Morgan fingerprint density at radius 1 is 1.10 bits per heavy atom. The van der Waals surface area contributed by atoms with E-state index in [2.05, 4.69) is 26.6 Å². The van der Waals surface area contributed by atoms with E-state index in [1.807, 2.05) is 43.3 Å². The van der Waals surface area contributed by atoms with E-state index in [1.54, 1.807) is 12.1 Å². The summed E-state index contributed by atoms with van der Waals surface area (Å²) in [7, 11) is 0. The normalized spacial score (nSPS) is 9.90. The predicted octanol–water partition coefficient (Wildman–Crippen LogP) is 3.88. The summed E-state index contributed by atoms with van der Waals surface area (Å²) in [6.45, 7) is 1.97. The Hall–Kier alpha value is -1.72. The molecule has 0 atom stereocenters. The molecule has 0 heterocycles. The number of nitrogens with one attached hydrogen (secondary N) is 2. The minimum absolute atomic E-state index is 0.247. The van der Waals surface area contributed by atoms with Crippen LogP contribution in [0.4, 0.5) is 5.69 Å². The molecule has 20 heavy (non-hydrogen) atoms. The number of para-hydroxylation sites is 1. The zero-order valence-corrected chi connectivity index (χ0v) is 13.2. The lowest BCUT2D eigenvalue weighted by atomic mass is 10.2. The van der Waals surface area contributed by atoms with Crippen LogP contribution in [0.3, 0.4) is 0 Å². The Bertz CT molecular complexity index is 658. The highest BCUT2D eigenvalue weighted by molar-refractivity contribution is 9.10. The number of thiocarbonyl (C=S) groups is 1. The van der Waals surface area contributed by atoms with Gasteiger partial charge in [-0.25, -0.2) is 0 Å². The first-order valence-electron chi connectivity index (χ1n) is 6.00. The fraction of sp³-hybridized carbons (Fsp3) is 0.0667. The number of carbonyl (C=O) groups excluding carboxylic acids is 1. The zero-order valence-electron chi connectivity index (χ0n) is 10.8. The highest BCUT2D eigenvalue weighted by Crippen LogP contribution is 2.16.